The number of aliphatic hydroxyl groups excluding tert-OH is 1. The van der Waals surface area contributed by atoms with Gasteiger partial charge < -0.3 is 10.0 Å². The number of piperidine rings is 1. The van der Waals surface area contributed by atoms with Crippen LogP contribution in [0, 0.1) is 15.5 Å². The lowest BCUT2D eigenvalue weighted by Crippen LogP contribution is -2.37. The molecule has 1 heterocycles. The third-order valence-corrected chi connectivity index (χ3v) is 3.88. The summed E-state index contributed by atoms with van der Waals surface area (Å²) in [7, 11) is 0. The molecule has 1 fully saturated rings. The Hall–Kier alpha value is -1.62. The second-order valence-corrected chi connectivity index (χ2v) is 5.89. The number of hydrogen-bond acceptors (Lipinski definition) is 4. The van der Waals surface area contributed by atoms with Gasteiger partial charge in [0.15, 0.2) is 0 Å². The standard InChI is InChI=1S/C14H20N2O3/c1-14(2)5-7-15(8-6-14)12-4-3-11(10-17)9-13(12)16(18)19/h3-4,9,17H,5-8,10H2,1-2H3. The summed E-state index contributed by atoms with van der Waals surface area (Å²) in [5, 5.41) is 20.2. The van der Waals surface area contributed by atoms with E-state index in [0.717, 1.165) is 25.9 Å². The number of nitro benzene ring substituents is 1. The first-order valence-electron chi connectivity index (χ1n) is 6.56. The van der Waals surface area contributed by atoms with Crippen LogP contribution in [-0.4, -0.2) is 23.1 Å². The molecule has 0 amide bonds. The highest BCUT2D eigenvalue weighted by atomic mass is 16.6. The number of nitrogens with zero attached hydrogens (tertiary/aromatic N) is 2. The predicted octanol–water partition coefficient (Wildman–Crippen LogP) is 2.71. The Morgan fingerprint density at radius 3 is 2.53 bits per heavy atom. The summed E-state index contributed by atoms with van der Waals surface area (Å²) < 4.78 is 0. The lowest BCUT2D eigenvalue weighted by Gasteiger charge is -2.37. The van der Waals surface area contributed by atoms with E-state index in [4.69, 9.17) is 5.11 Å². The molecule has 0 atom stereocenters. The highest BCUT2D eigenvalue weighted by Gasteiger charge is 2.28. The van der Waals surface area contributed by atoms with Gasteiger partial charge in [-0.2, -0.15) is 0 Å². The minimum atomic E-state index is -0.367. The third-order valence-electron chi connectivity index (χ3n) is 3.88. The molecule has 1 aromatic rings. The molecule has 0 saturated carbocycles. The van der Waals surface area contributed by atoms with Gasteiger partial charge in [0.05, 0.1) is 11.5 Å². The summed E-state index contributed by atoms with van der Waals surface area (Å²) in [6, 6.07) is 4.97. The van der Waals surface area contributed by atoms with Crippen molar-refractivity contribution < 1.29 is 10.0 Å². The first-order chi connectivity index (χ1) is 8.93. The Kier molecular flexibility index (Phi) is 3.75. The average Bonchev–Trinajstić information content (AvgIpc) is 2.38. The number of benzene rings is 1. The van der Waals surface area contributed by atoms with Crippen LogP contribution in [-0.2, 0) is 6.61 Å². The molecule has 19 heavy (non-hydrogen) atoms. The third kappa shape index (κ3) is 3.04. The Labute approximate surface area is 113 Å². The SMILES string of the molecule is CC1(C)CCN(c2ccc(CO)cc2[N+](=O)[O-])CC1. The van der Waals surface area contributed by atoms with Gasteiger partial charge in [-0.1, -0.05) is 19.9 Å². The van der Waals surface area contributed by atoms with Crippen LogP contribution in [0.25, 0.3) is 0 Å². The monoisotopic (exact) mass is 264 g/mol. The molecule has 1 saturated heterocycles. The van der Waals surface area contributed by atoms with E-state index in [2.05, 4.69) is 18.7 Å². The molecular weight excluding hydrogens is 244 g/mol. The van der Waals surface area contributed by atoms with E-state index >= 15 is 0 Å². The first-order valence-corrected chi connectivity index (χ1v) is 6.56. The number of aliphatic hydroxyl groups is 1. The molecule has 0 aromatic heterocycles. The van der Waals surface area contributed by atoms with E-state index in [1.807, 2.05) is 0 Å². The molecule has 1 aliphatic rings. The van der Waals surface area contributed by atoms with Crippen LogP contribution in [0.1, 0.15) is 32.3 Å². The maximum absolute atomic E-state index is 11.2. The van der Waals surface area contributed by atoms with Gasteiger partial charge in [-0.15, -0.1) is 0 Å². The van der Waals surface area contributed by atoms with Gasteiger partial charge >= 0.3 is 0 Å². The summed E-state index contributed by atoms with van der Waals surface area (Å²) in [4.78, 5) is 12.9. The van der Waals surface area contributed by atoms with Crippen LogP contribution in [0.15, 0.2) is 18.2 Å². The van der Waals surface area contributed by atoms with Gasteiger partial charge in [-0.05, 0) is 29.9 Å². The predicted molar refractivity (Wildman–Crippen MR) is 74.2 cm³/mol. The van der Waals surface area contributed by atoms with E-state index in [0.29, 0.717) is 16.7 Å². The van der Waals surface area contributed by atoms with Crippen LogP contribution in [0.5, 0.6) is 0 Å². The van der Waals surface area contributed by atoms with Crippen LogP contribution in [0.2, 0.25) is 0 Å². The Bertz CT molecular complexity index is 476. The Balaban J connectivity index is 2.27. The van der Waals surface area contributed by atoms with Gasteiger partial charge in [0.25, 0.3) is 5.69 Å². The van der Waals surface area contributed by atoms with Crippen LogP contribution >= 0.6 is 0 Å². The lowest BCUT2D eigenvalue weighted by molar-refractivity contribution is -0.384. The zero-order valence-corrected chi connectivity index (χ0v) is 11.4. The maximum Gasteiger partial charge on any atom is 0.292 e. The molecule has 1 aromatic carbocycles. The zero-order valence-electron chi connectivity index (χ0n) is 11.4. The van der Waals surface area contributed by atoms with E-state index in [-0.39, 0.29) is 17.2 Å². The Morgan fingerprint density at radius 2 is 2.00 bits per heavy atom. The molecule has 5 heteroatoms. The molecule has 0 unspecified atom stereocenters. The van der Waals surface area contributed by atoms with Crippen molar-refractivity contribution >= 4 is 11.4 Å². The van der Waals surface area contributed by atoms with E-state index in [1.54, 1.807) is 12.1 Å². The van der Waals surface area contributed by atoms with Crippen molar-refractivity contribution in [3.05, 3.63) is 33.9 Å². The average molecular weight is 264 g/mol. The Morgan fingerprint density at radius 1 is 1.37 bits per heavy atom. The van der Waals surface area contributed by atoms with Crippen molar-refractivity contribution in [3.8, 4) is 0 Å². The quantitative estimate of drug-likeness (QED) is 0.673. The number of nitro groups is 1. The fraction of sp³-hybridized carbons (Fsp3) is 0.571. The highest BCUT2D eigenvalue weighted by molar-refractivity contribution is 5.64. The van der Waals surface area contributed by atoms with Crippen molar-refractivity contribution in [3.63, 3.8) is 0 Å². The summed E-state index contributed by atoms with van der Waals surface area (Å²) >= 11 is 0. The van der Waals surface area contributed by atoms with Gasteiger partial charge in [0, 0.05) is 19.2 Å². The highest BCUT2D eigenvalue weighted by Crippen LogP contribution is 2.36. The van der Waals surface area contributed by atoms with Crippen LogP contribution in [0.3, 0.4) is 0 Å². The molecule has 104 valence electrons. The molecule has 0 aliphatic carbocycles. The minimum absolute atomic E-state index is 0.0891. The van der Waals surface area contributed by atoms with Crippen molar-refractivity contribution in [1.29, 1.82) is 0 Å². The molecular formula is C14H20N2O3. The fourth-order valence-corrected chi connectivity index (χ4v) is 2.43. The van der Waals surface area contributed by atoms with E-state index in [9.17, 15) is 10.1 Å². The summed E-state index contributed by atoms with van der Waals surface area (Å²) in [6.07, 6.45) is 2.07. The first kappa shape index (κ1) is 13.8. The van der Waals surface area contributed by atoms with Crippen molar-refractivity contribution in [2.75, 3.05) is 18.0 Å². The lowest BCUT2D eigenvalue weighted by atomic mass is 9.82. The molecule has 1 N–H and O–H groups in total. The molecule has 1 aliphatic heterocycles. The second-order valence-electron chi connectivity index (χ2n) is 5.89. The normalized spacial score (nSPS) is 18.4. The largest absolute Gasteiger partial charge is 0.392 e. The van der Waals surface area contributed by atoms with Crippen molar-refractivity contribution in [1.82, 2.24) is 0 Å². The second kappa shape index (κ2) is 5.17. The summed E-state index contributed by atoms with van der Waals surface area (Å²) in [5.74, 6) is 0. The van der Waals surface area contributed by atoms with Crippen LogP contribution in [0.4, 0.5) is 11.4 Å². The van der Waals surface area contributed by atoms with Gasteiger partial charge in [0.1, 0.15) is 5.69 Å². The summed E-state index contributed by atoms with van der Waals surface area (Å²) in [5.41, 5.74) is 1.65. The van der Waals surface area contributed by atoms with Crippen molar-refractivity contribution in [2.45, 2.75) is 33.3 Å². The maximum atomic E-state index is 11.2. The van der Waals surface area contributed by atoms with Crippen molar-refractivity contribution in [2.24, 2.45) is 5.41 Å². The molecule has 5 nitrogen and oxygen atoms in total. The van der Waals surface area contributed by atoms with Gasteiger partial charge in [-0.25, -0.2) is 0 Å². The molecule has 0 spiro atoms. The van der Waals surface area contributed by atoms with E-state index < -0.39 is 0 Å². The van der Waals surface area contributed by atoms with Gasteiger partial charge in [0.2, 0.25) is 0 Å². The number of anilines is 1. The minimum Gasteiger partial charge on any atom is -0.392 e. The van der Waals surface area contributed by atoms with Crippen LogP contribution < -0.4 is 4.90 Å². The fourth-order valence-electron chi connectivity index (χ4n) is 2.43. The topological polar surface area (TPSA) is 66.6 Å². The molecule has 2 rings (SSSR count). The van der Waals surface area contributed by atoms with Gasteiger partial charge in [-0.3, -0.25) is 10.1 Å². The number of rotatable bonds is 3. The zero-order chi connectivity index (χ0) is 14.0. The molecule has 0 bridgehead atoms. The molecule has 0 radical (unpaired) electrons. The summed E-state index contributed by atoms with van der Waals surface area (Å²) in [6.45, 7) is 5.97. The number of hydrogen-bond donors (Lipinski definition) is 1. The smallest absolute Gasteiger partial charge is 0.292 e. The van der Waals surface area contributed by atoms with E-state index in [1.165, 1.54) is 6.07 Å².